The van der Waals surface area contributed by atoms with Crippen LogP contribution >= 0.6 is 0 Å². The summed E-state index contributed by atoms with van der Waals surface area (Å²) < 4.78 is 21.2. The highest BCUT2D eigenvalue weighted by Crippen LogP contribution is 2.36. The molecule has 0 unspecified atom stereocenters. The molecule has 0 saturated carbocycles. The van der Waals surface area contributed by atoms with E-state index in [2.05, 4.69) is 23.4 Å². The van der Waals surface area contributed by atoms with Crippen molar-refractivity contribution >= 4 is 22.3 Å². The zero-order chi connectivity index (χ0) is 20.5. The summed E-state index contributed by atoms with van der Waals surface area (Å²) in [6.45, 7) is 9.70. The van der Waals surface area contributed by atoms with Gasteiger partial charge in [0.05, 0.1) is 5.52 Å². The van der Waals surface area contributed by atoms with E-state index in [4.69, 9.17) is 10.5 Å². The first-order valence-electron chi connectivity index (χ1n) is 10.1. The third kappa shape index (κ3) is 3.53. The van der Waals surface area contributed by atoms with Crippen molar-refractivity contribution in [3.05, 3.63) is 65.6 Å². The molecule has 0 aliphatic carbocycles. The summed E-state index contributed by atoms with van der Waals surface area (Å²) >= 11 is 0. The SMILES string of the molecule is C=C(N)c1cc2c(Oc3ccc(N4CCCC4)c(C)c3F)ccnc2cc1CC. The van der Waals surface area contributed by atoms with Crippen LogP contribution in [0.5, 0.6) is 11.5 Å². The number of hydrogen-bond acceptors (Lipinski definition) is 4. The lowest BCUT2D eigenvalue weighted by Crippen LogP contribution is -2.19. The minimum Gasteiger partial charge on any atom is -0.454 e. The Morgan fingerprint density at radius 1 is 1.21 bits per heavy atom. The van der Waals surface area contributed by atoms with Gasteiger partial charge in [0, 0.05) is 47.2 Å². The monoisotopic (exact) mass is 391 g/mol. The van der Waals surface area contributed by atoms with Gasteiger partial charge in [0.1, 0.15) is 5.75 Å². The van der Waals surface area contributed by atoms with Crippen molar-refractivity contribution < 1.29 is 9.13 Å². The predicted octanol–water partition coefficient (Wildman–Crippen LogP) is 5.57. The first-order chi connectivity index (χ1) is 14.0. The van der Waals surface area contributed by atoms with E-state index in [1.165, 1.54) is 0 Å². The second-order valence-corrected chi connectivity index (χ2v) is 7.53. The molecule has 150 valence electrons. The lowest BCUT2D eigenvalue weighted by molar-refractivity contribution is 0.444. The molecule has 1 fully saturated rings. The van der Waals surface area contributed by atoms with Crippen LogP contribution in [0.25, 0.3) is 16.6 Å². The van der Waals surface area contributed by atoms with Gasteiger partial charge in [-0.1, -0.05) is 13.5 Å². The Labute approximate surface area is 170 Å². The number of fused-ring (bicyclic) bond motifs is 1. The average molecular weight is 391 g/mol. The fraction of sp³-hybridized carbons (Fsp3) is 0.292. The van der Waals surface area contributed by atoms with Crippen molar-refractivity contribution in [1.82, 2.24) is 4.98 Å². The van der Waals surface area contributed by atoms with Crippen LogP contribution in [-0.2, 0) is 6.42 Å². The van der Waals surface area contributed by atoms with Crippen molar-refractivity contribution in [3.63, 3.8) is 0 Å². The van der Waals surface area contributed by atoms with Crippen LogP contribution in [0.4, 0.5) is 10.1 Å². The Bertz CT molecular complexity index is 1090. The van der Waals surface area contributed by atoms with Crippen molar-refractivity contribution in [2.75, 3.05) is 18.0 Å². The van der Waals surface area contributed by atoms with E-state index in [0.29, 0.717) is 17.0 Å². The van der Waals surface area contributed by atoms with Gasteiger partial charge in [0.25, 0.3) is 0 Å². The predicted molar refractivity (Wildman–Crippen MR) is 117 cm³/mol. The third-order valence-electron chi connectivity index (χ3n) is 5.64. The lowest BCUT2D eigenvalue weighted by Gasteiger charge is -2.21. The number of halogens is 1. The minimum atomic E-state index is -0.326. The molecular weight excluding hydrogens is 365 g/mol. The quantitative estimate of drug-likeness (QED) is 0.618. The van der Waals surface area contributed by atoms with Crippen molar-refractivity contribution in [1.29, 1.82) is 0 Å². The number of aryl methyl sites for hydroxylation is 1. The molecule has 2 heterocycles. The smallest absolute Gasteiger partial charge is 0.170 e. The molecule has 0 radical (unpaired) electrons. The second-order valence-electron chi connectivity index (χ2n) is 7.53. The van der Waals surface area contributed by atoms with Gasteiger partial charge in [-0.25, -0.2) is 4.39 Å². The van der Waals surface area contributed by atoms with Crippen LogP contribution in [0, 0.1) is 12.7 Å². The maximum absolute atomic E-state index is 15.1. The summed E-state index contributed by atoms with van der Waals surface area (Å²) in [5.41, 5.74) is 10.8. The van der Waals surface area contributed by atoms with Crippen molar-refractivity contribution in [3.8, 4) is 11.5 Å². The fourth-order valence-electron chi connectivity index (χ4n) is 4.04. The molecule has 1 saturated heterocycles. The Kier molecular flexibility index (Phi) is 5.14. The second kappa shape index (κ2) is 7.74. The molecule has 0 spiro atoms. The Hall–Kier alpha value is -3.08. The molecule has 0 amide bonds. The zero-order valence-corrected chi connectivity index (χ0v) is 17.0. The summed E-state index contributed by atoms with van der Waals surface area (Å²) in [6, 6.07) is 9.34. The van der Waals surface area contributed by atoms with Crippen LogP contribution < -0.4 is 15.4 Å². The van der Waals surface area contributed by atoms with Crippen molar-refractivity contribution in [2.45, 2.75) is 33.1 Å². The first-order valence-corrected chi connectivity index (χ1v) is 10.1. The maximum Gasteiger partial charge on any atom is 0.170 e. The Balaban J connectivity index is 1.75. The van der Waals surface area contributed by atoms with Crippen LogP contribution in [0.2, 0.25) is 0 Å². The average Bonchev–Trinajstić information content (AvgIpc) is 3.25. The molecule has 4 rings (SSSR count). The molecule has 2 N–H and O–H groups in total. The normalized spacial score (nSPS) is 13.8. The van der Waals surface area contributed by atoms with E-state index >= 15 is 4.39 Å². The third-order valence-corrected chi connectivity index (χ3v) is 5.64. The summed E-state index contributed by atoms with van der Waals surface area (Å²) in [5.74, 6) is 0.436. The van der Waals surface area contributed by atoms with Gasteiger partial charge in [-0.2, -0.15) is 0 Å². The fourth-order valence-corrected chi connectivity index (χ4v) is 4.04. The Morgan fingerprint density at radius 2 is 1.97 bits per heavy atom. The molecular formula is C24H26FN3O. The molecule has 2 aromatic carbocycles. The number of nitrogens with two attached hydrogens (primary N) is 1. The van der Waals surface area contributed by atoms with Gasteiger partial charge < -0.3 is 15.4 Å². The molecule has 29 heavy (non-hydrogen) atoms. The van der Waals surface area contributed by atoms with E-state index in [1.807, 2.05) is 25.1 Å². The number of benzene rings is 2. The molecule has 1 aromatic heterocycles. The van der Waals surface area contributed by atoms with Crippen LogP contribution in [0.1, 0.15) is 36.5 Å². The molecule has 5 heteroatoms. The highest BCUT2D eigenvalue weighted by Gasteiger charge is 2.19. The van der Waals surface area contributed by atoms with Crippen LogP contribution in [0.3, 0.4) is 0 Å². The number of pyridine rings is 1. The summed E-state index contributed by atoms with van der Waals surface area (Å²) in [7, 11) is 0. The van der Waals surface area contributed by atoms with Crippen LogP contribution in [0.15, 0.2) is 43.1 Å². The number of nitrogens with zero attached hydrogens (tertiary/aromatic N) is 2. The van der Waals surface area contributed by atoms with E-state index in [1.54, 1.807) is 18.3 Å². The van der Waals surface area contributed by atoms with Gasteiger partial charge in [-0.3, -0.25) is 4.98 Å². The van der Waals surface area contributed by atoms with Gasteiger partial charge in [-0.05, 0) is 62.1 Å². The number of ether oxygens (including phenoxy) is 1. The Morgan fingerprint density at radius 3 is 2.66 bits per heavy atom. The van der Waals surface area contributed by atoms with Gasteiger partial charge in [-0.15, -0.1) is 0 Å². The lowest BCUT2D eigenvalue weighted by atomic mass is 9.99. The van der Waals surface area contributed by atoms with Gasteiger partial charge in [0.2, 0.25) is 0 Å². The number of anilines is 1. The zero-order valence-electron chi connectivity index (χ0n) is 17.0. The molecule has 1 aliphatic heterocycles. The summed E-state index contributed by atoms with van der Waals surface area (Å²) in [4.78, 5) is 6.68. The van der Waals surface area contributed by atoms with E-state index in [0.717, 1.165) is 60.1 Å². The topological polar surface area (TPSA) is 51.4 Å². The molecule has 3 aromatic rings. The van der Waals surface area contributed by atoms with E-state index in [9.17, 15) is 0 Å². The van der Waals surface area contributed by atoms with Gasteiger partial charge in [0.15, 0.2) is 11.6 Å². The van der Waals surface area contributed by atoms with Crippen molar-refractivity contribution in [2.24, 2.45) is 5.73 Å². The molecule has 0 bridgehead atoms. The molecule has 0 atom stereocenters. The highest BCUT2D eigenvalue weighted by atomic mass is 19.1. The summed E-state index contributed by atoms with van der Waals surface area (Å²) in [5, 5.41) is 0.784. The minimum absolute atomic E-state index is 0.214. The van der Waals surface area contributed by atoms with E-state index in [-0.39, 0.29) is 11.6 Å². The standard InChI is InChI=1S/C24H26FN3O/c1-4-17-13-20-19(14-18(17)16(3)26)22(9-10-27-20)29-23-8-7-21(15(2)24(23)25)28-11-5-6-12-28/h7-10,13-14H,3-6,11-12,26H2,1-2H3. The number of rotatable bonds is 5. The highest BCUT2D eigenvalue weighted by molar-refractivity contribution is 5.89. The van der Waals surface area contributed by atoms with Crippen LogP contribution in [-0.4, -0.2) is 18.1 Å². The number of aromatic nitrogens is 1. The molecule has 1 aliphatic rings. The largest absolute Gasteiger partial charge is 0.454 e. The number of hydrogen-bond donors (Lipinski definition) is 1. The first kappa shape index (κ1) is 19.2. The van der Waals surface area contributed by atoms with Gasteiger partial charge >= 0.3 is 0 Å². The maximum atomic E-state index is 15.1. The molecule has 4 nitrogen and oxygen atoms in total. The van der Waals surface area contributed by atoms with E-state index < -0.39 is 0 Å². The summed E-state index contributed by atoms with van der Waals surface area (Å²) in [6.07, 6.45) is 4.80.